The highest BCUT2D eigenvalue weighted by Gasteiger charge is 2.34. The number of carbonyl (C=O) groups is 1. The molecule has 210 valence electrons. The number of thioether (sulfide) groups is 1. The van der Waals surface area contributed by atoms with Gasteiger partial charge in [-0.3, -0.25) is 9.69 Å². The number of hydrogen-bond donors (Lipinski definition) is 1. The lowest BCUT2D eigenvalue weighted by Crippen LogP contribution is -2.28. The average molecular weight is 566 g/mol. The highest BCUT2D eigenvalue weighted by molar-refractivity contribution is 8.18. The molecule has 0 bridgehead atoms. The summed E-state index contributed by atoms with van der Waals surface area (Å²) in [6.45, 7) is 4.90. The van der Waals surface area contributed by atoms with Gasteiger partial charge in [0.05, 0.1) is 51.9 Å². The minimum atomic E-state index is -0.234. The van der Waals surface area contributed by atoms with E-state index in [4.69, 9.17) is 23.4 Å². The van der Waals surface area contributed by atoms with Crippen molar-refractivity contribution in [2.24, 2.45) is 16.1 Å². The van der Waals surface area contributed by atoms with Gasteiger partial charge in [0, 0.05) is 5.56 Å². The molecule has 10 nitrogen and oxygen atoms in total. The molecule has 4 rings (SSSR count). The minimum Gasteiger partial charge on any atom is -0.502 e. The van der Waals surface area contributed by atoms with Gasteiger partial charge in [0.2, 0.25) is 5.75 Å². The van der Waals surface area contributed by atoms with Crippen molar-refractivity contribution in [3.05, 3.63) is 70.5 Å². The Hall–Kier alpha value is -4.38. The van der Waals surface area contributed by atoms with Gasteiger partial charge in [0.15, 0.2) is 28.2 Å². The predicted molar refractivity (Wildman–Crippen MR) is 154 cm³/mol. The van der Waals surface area contributed by atoms with Gasteiger partial charge in [-0.2, -0.15) is 5.10 Å². The number of benzene rings is 2. The van der Waals surface area contributed by atoms with Gasteiger partial charge in [0.25, 0.3) is 5.91 Å². The Morgan fingerprint density at radius 1 is 1.00 bits per heavy atom. The summed E-state index contributed by atoms with van der Waals surface area (Å²) in [6.07, 6.45) is 4.81. The molecule has 0 radical (unpaired) electrons. The monoisotopic (exact) mass is 565 g/mol. The molecule has 11 heteroatoms. The van der Waals surface area contributed by atoms with E-state index in [-0.39, 0.29) is 29.7 Å². The Kier molecular flexibility index (Phi) is 9.39. The van der Waals surface area contributed by atoms with Crippen molar-refractivity contribution in [3.8, 4) is 28.7 Å². The predicted octanol–water partition coefficient (Wildman–Crippen LogP) is 5.55. The smallest absolute Gasteiger partial charge is 0.267 e. The van der Waals surface area contributed by atoms with Crippen molar-refractivity contribution in [3.63, 3.8) is 0 Å². The number of ether oxygens (including phenoxy) is 4. The minimum absolute atomic E-state index is 0.110. The lowest BCUT2D eigenvalue weighted by molar-refractivity contribution is -0.122. The maximum atomic E-state index is 13.4. The fourth-order valence-corrected chi connectivity index (χ4v) is 4.65. The number of hydrogen-bond acceptors (Lipinski definition) is 10. The number of carbonyl (C=O) groups excluding carboxylic acids is 1. The van der Waals surface area contributed by atoms with Gasteiger partial charge < -0.3 is 28.5 Å². The molecule has 1 aliphatic rings. The Morgan fingerprint density at radius 3 is 2.33 bits per heavy atom. The van der Waals surface area contributed by atoms with Crippen molar-refractivity contribution in [1.82, 2.24) is 4.90 Å². The van der Waals surface area contributed by atoms with Crippen LogP contribution >= 0.6 is 11.8 Å². The van der Waals surface area contributed by atoms with Gasteiger partial charge in [-0.25, -0.2) is 0 Å². The summed E-state index contributed by atoms with van der Waals surface area (Å²) in [4.78, 5) is 15.4. The molecule has 0 unspecified atom stereocenters. The molecule has 2 heterocycles. The van der Waals surface area contributed by atoms with Crippen LogP contribution in [0.5, 0.6) is 28.7 Å². The van der Waals surface area contributed by atoms with Crippen LogP contribution in [0.3, 0.4) is 0 Å². The lowest BCUT2D eigenvalue weighted by Gasteiger charge is -2.13. The van der Waals surface area contributed by atoms with Crippen molar-refractivity contribution in [1.29, 1.82) is 0 Å². The van der Waals surface area contributed by atoms with Crippen molar-refractivity contribution in [2.45, 2.75) is 20.4 Å². The number of methoxy groups -OCH3 is 3. The third-order valence-electron chi connectivity index (χ3n) is 5.69. The van der Waals surface area contributed by atoms with Crippen LogP contribution in [0.15, 0.2) is 68.3 Å². The number of phenolic OH excluding ortho intramolecular Hbond substituents is 1. The molecule has 1 aromatic heterocycles. The molecule has 1 amide bonds. The molecule has 0 spiro atoms. The van der Waals surface area contributed by atoms with Crippen LogP contribution < -0.4 is 18.9 Å². The molecule has 1 aliphatic heterocycles. The Balaban J connectivity index is 1.62. The summed E-state index contributed by atoms with van der Waals surface area (Å²) in [5.74, 6) is 2.33. The zero-order valence-electron chi connectivity index (χ0n) is 22.9. The quantitative estimate of drug-likeness (QED) is 0.183. The molecule has 3 aromatic rings. The normalized spacial score (nSPS) is 15.6. The zero-order valence-corrected chi connectivity index (χ0v) is 23.7. The fourth-order valence-electron chi connectivity index (χ4n) is 3.71. The van der Waals surface area contributed by atoms with E-state index in [9.17, 15) is 9.90 Å². The first-order valence-electron chi connectivity index (χ1n) is 12.4. The maximum Gasteiger partial charge on any atom is 0.267 e. The summed E-state index contributed by atoms with van der Waals surface area (Å²) >= 11 is 1.20. The number of amidine groups is 1. The maximum absolute atomic E-state index is 13.4. The second-order valence-electron chi connectivity index (χ2n) is 9.10. The van der Waals surface area contributed by atoms with Gasteiger partial charge in [-0.05, 0) is 65.7 Å². The first kappa shape index (κ1) is 28.6. The molecular formula is C29H31N3O7S. The van der Waals surface area contributed by atoms with E-state index >= 15 is 0 Å². The number of furan rings is 1. The Bertz CT molecular complexity index is 1410. The number of phenols is 1. The van der Waals surface area contributed by atoms with E-state index in [0.717, 1.165) is 5.56 Å². The summed E-state index contributed by atoms with van der Waals surface area (Å²) in [5.41, 5.74) is 1.36. The number of nitrogens with zero attached hydrogens (tertiary/aromatic N) is 3. The van der Waals surface area contributed by atoms with Crippen LogP contribution in [-0.4, -0.2) is 55.2 Å². The first-order chi connectivity index (χ1) is 19.3. The summed E-state index contributed by atoms with van der Waals surface area (Å²) in [5, 5.41) is 19.0. The van der Waals surface area contributed by atoms with Crippen LogP contribution in [0.25, 0.3) is 6.08 Å². The van der Waals surface area contributed by atoms with E-state index in [1.807, 2.05) is 18.2 Å². The lowest BCUT2D eigenvalue weighted by atomic mass is 10.1. The van der Waals surface area contributed by atoms with Crippen LogP contribution in [-0.2, 0) is 11.3 Å². The number of amides is 1. The molecule has 1 saturated heterocycles. The van der Waals surface area contributed by atoms with Gasteiger partial charge >= 0.3 is 0 Å². The molecule has 1 N–H and O–H groups in total. The van der Waals surface area contributed by atoms with Crippen molar-refractivity contribution >= 4 is 35.1 Å². The second kappa shape index (κ2) is 13.1. The molecule has 2 aromatic carbocycles. The molecule has 1 fully saturated rings. The van der Waals surface area contributed by atoms with Crippen molar-refractivity contribution in [2.75, 3.05) is 27.9 Å². The first-order valence-corrected chi connectivity index (χ1v) is 13.2. The molecule has 0 saturated carbocycles. The topological polar surface area (TPSA) is 115 Å². The summed E-state index contributed by atoms with van der Waals surface area (Å²) in [7, 11) is 4.47. The van der Waals surface area contributed by atoms with E-state index in [1.54, 1.807) is 43.7 Å². The number of rotatable bonds is 11. The third kappa shape index (κ3) is 6.78. The van der Waals surface area contributed by atoms with Gasteiger partial charge in [-0.1, -0.05) is 19.9 Å². The molecule has 0 atom stereocenters. The standard InChI is InChI=1S/C29H31N3O7S/c1-18(2)17-39-22-9-8-19(11-23(22)35-3)14-26-28(34)32(16-21-7-6-10-38-21)29(40-26)31-30-15-20-12-24(36-4)27(33)25(13-20)37-5/h6-15,18,33H,16-17H2,1-5H3/b26-14-,30-15+,31-29-. The Morgan fingerprint density at radius 2 is 1.70 bits per heavy atom. The van der Waals surface area contributed by atoms with Gasteiger partial charge in [0.1, 0.15) is 5.76 Å². The fraction of sp³-hybridized carbons (Fsp3) is 0.276. The SMILES string of the molecule is COc1cc(/C=C2\S/C(=N\N=C\c3cc(OC)c(O)c(OC)c3)N(Cc3ccco3)C2=O)ccc1OCC(C)C. The summed E-state index contributed by atoms with van der Waals surface area (Å²) < 4.78 is 27.2. The largest absolute Gasteiger partial charge is 0.502 e. The Labute approximate surface area is 236 Å². The van der Waals surface area contributed by atoms with Crippen molar-refractivity contribution < 1.29 is 33.3 Å². The zero-order chi connectivity index (χ0) is 28.6. The van der Waals surface area contributed by atoms with E-state index in [0.29, 0.717) is 45.4 Å². The van der Waals surface area contributed by atoms with Gasteiger partial charge in [-0.15, -0.1) is 5.10 Å². The summed E-state index contributed by atoms with van der Waals surface area (Å²) in [6, 6.07) is 12.3. The average Bonchev–Trinajstić information content (AvgIpc) is 3.57. The number of aromatic hydroxyl groups is 1. The third-order valence-corrected chi connectivity index (χ3v) is 6.69. The van der Waals surface area contributed by atoms with Crippen LogP contribution in [0.4, 0.5) is 0 Å². The highest BCUT2D eigenvalue weighted by atomic mass is 32.2. The van der Waals surface area contributed by atoms with Crippen LogP contribution in [0.1, 0.15) is 30.7 Å². The van der Waals surface area contributed by atoms with Crippen LogP contribution in [0, 0.1) is 5.92 Å². The molecule has 40 heavy (non-hydrogen) atoms. The molecular weight excluding hydrogens is 534 g/mol. The second-order valence-corrected chi connectivity index (χ2v) is 10.1. The highest BCUT2D eigenvalue weighted by Crippen LogP contribution is 2.37. The van der Waals surface area contributed by atoms with E-state index < -0.39 is 0 Å². The molecule has 0 aliphatic carbocycles. The van der Waals surface area contributed by atoms with E-state index in [2.05, 4.69) is 24.1 Å². The van der Waals surface area contributed by atoms with Crippen LogP contribution in [0.2, 0.25) is 0 Å². The van der Waals surface area contributed by atoms with E-state index in [1.165, 1.54) is 37.1 Å².